The number of carbonyl (C=O) groups is 1. The van der Waals surface area contributed by atoms with E-state index in [2.05, 4.69) is 10.5 Å². The molecule has 0 spiro atoms. The number of hydrogen-bond acceptors (Lipinski definition) is 4. The van der Waals surface area contributed by atoms with Crippen molar-refractivity contribution in [1.29, 1.82) is 0 Å². The van der Waals surface area contributed by atoms with Crippen LogP contribution in [0.3, 0.4) is 0 Å². The van der Waals surface area contributed by atoms with Crippen LogP contribution < -0.4 is 10.2 Å². The van der Waals surface area contributed by atoms with E-state index in [4.69, 9.17) is 32.8 Å². The van der Waals surface area contributed by atoms with Crippen LogP contribution in [0, 0.1) is 0 Å². The van der Waals surface area contributed by atoms with E-state index in [1.165, 1.54) is 4.90 Å². The fourth-order valence-electron chi connectivity index (χ4n) is 2.94. The van der Waals surface area contributed by atoms with E-state index in [1.807, 2.05) is 6.07 Å². The van der Waals surface area contributed by atoms with Crippen molar-refractivity contribution in [3.8, 4) is 0 Å². The molecule has 1 saturated heterocycles. The normalized spacial score (nSPS) is 20.9. The molecule has 2 aliphatic heterocycles. The van der Waals surface area contributed by atoms with Crippen LogP contribution in [0.15, 0.2) is 23.4 Å². The zero-order valence-corrected chi connectivity index (χ0v) is 15.4. The van der Waals surface area contributed by atoms with E-state index >= 15 is 0 Å². The van der Waals surface area contributed by atoms with Crippen LogP contribution in [0.5, 0.6) is 0 Å². The quantitative estimate of drug-likeness (QED) is 0.714. The molecule has 3 rings (SSSR count). The van der Waals surface area contributed by atoms with Crippen molar-refractivity contribution in [1.82, 2.24) is 5.32 Å². The second-order valence-corrected chi connectivity index (χ2v) is 7.04. The highest BCUT2D eigenvalue weighted by atomic mass is 35.5. The van der Waals surface area contributed by atoms with Crippen molar-refractivity contribution in [2.45, 2.75) is 18.9 Å². The number of ether oxygens (including phenoxy) is 1. The van der Waals surface area contributed by atoms with Crippen LogP contribution >= 0.6 is 23.2 Å². The smallest absolute Gasteiger partial charge is 0.264 e. The number of rotatable bonds is 6. The second kappa shape index (κ2) is 8.85. The third-order valence-corrected chi connectivity index (χ3v) is 5.16. The molecule has 1 fully saturated rings. The Morgan fingerprint density at radius 3 is 2.84 bits per heavy atom. The molecule has 0 bridgehead atoms. The first-order chi connectivity index (χ1) is 12.1. The number of quaternary nitrogens is 1. The molecule has 136 valence electrons. The predicted molar refractivity (Wildman–Crippen MR) is 96.5 cm³/mol. The summed E-state index contributed by atoms with van der Waals surface area (Å²) in [4.78, 5) is 19.0. The van der Waals surface area contributed by atoms with Gasteiger partial charge in [-0.25, -0.2) is 0 Å². The highest BCUT2D eigenvalue weighted by Gasteiger charge is 2.28. The monoisotopic (exact) mass is 386 g/mol. The fraction of sp³-hybridized carbons (Fsp3) is 0.529. The van der Waals surface area contributed by atoms with Gasteiger partial charge in [0.15, 0.2) is 0 Å². The lowest BCUT2D eigenvalue weighted by Crippen LogP contribution is -3.14. The summed E-state index contributed by atoms with van der Waals surface area (Å²) in [6.45, 7) is 5.42. The van der Waals surface area contributed by atoms with Gasteiger partial charge in [-0.3, -0.25) is 4.79 Å². The number of nitrogens with one attached hydrogen (secondary N) is 2. The second-order valence-electron chi connectivity index (χ2n) is 6.22. The third-order valence-electron chi connectivity index (χ3n) is 4.42. The Bertz CT molecular complexity index is 648. The standard InChI is InChI=1S/C17H21Cl2N3O3/c18-13-3-2-12(10-14(13)19)15-11-16(25-21-15)17(23)20-4-1-5-22-6-8-24-9-7-22/h2-3,10,16H,1,4-9,11H2,(H,20,23)/p+1/t16-/m0/s1. The number of carbonyl (C=O) groups excluding carboxylic acids is 1. The molecule has 2 N–H and O–H groups in total. The largest absolute Gasteiger partial charge is 0.382 e. The summed E-state index contributed by atoms with van der Waals surface area (Å²) in [6.07, 6.45) is 0.785. The lowest BCUT2D eigenvalue weighted by Gasteiger charge is -2.23. The van der Waals surface area contributed by atoms with Gasteiger partial charge in [-0.1, -0.05) is 34.4 Å². The molecule has 25 heavy (non-hydrogen) atoms. The van der Waals surface area contributed by atoms with Gasteiger partial charge in [0.1, 0.15) is 13.1 Å². The minimum absolute atomic E-state index is 0.129. The van der Waals surface area contributed by atoms with E-state index < -0.39 is 6.10 Å². The van der Waals surface area contributed by atoms with Gasteiger partial charge in [0.05, 0.1) is 35.5 Å². The lowest BCUT2D eigenvalue weighted by molar-refractivity contribution is -0.908. The van der Waals surface area contributed by atoms with E-state index in [0.29, 0.717) is 28.7 Å². The molecule has 1 aromatic carbocycles. The molecular formula is C17H22Cl2N3O3+. The van der Waals surface area contributed by atoms with Crippen molar-refractivity contribution in [3.63, 3.8) is 0 Å². The van der Waals surface area contributed by atoms with Crippen molar-refractivity contribution >= 4 is 34.8 Å². The molecule has 0 saturated carbocycles. The van der Waals surface area contributed by atoms with Gasteiger partial charge in [-0.2, -0.15) is 0 Å². The zero-order valence-electron chi connectivity index (χ0n) is 13.9. The minimum atomic E-state index is -0.583. The molecule has 1 aromatic rings. The van der Waals surface area contributed by atoms with Gasteiger partial charge in [0.25, 0.3) is 5.91 Å². The third kappa shape index (κ3) is 5.07. The summed E-state index contributed by atoms with van der Waals surface area (Å²) >= 11 is 11.9. The summed E-state index contributed by atoms with van der Waals surface area (Å²) < 4.78 is 5.34. The van der Waals surface area contributed by atoms with Crippen LogP contribution in [0.1, 0.15) is 18.4 Å². The molecule has 1 atom stereocenters. The van der Waals surface area contributed by atoms with Gasteiger partial charge < -0.3 is 19.8 Å². The maximum Gasteiger partial charge on any atom is 0.264 e. The van der Waals surface area contributed by atoms with Gasteiger partial charge in [0.2, 0.25) is 6.10 Å². The van der Waals surface area contributed by atoms with Crippen molar-refractivity contribution < 1.29 is 19.3 Å². The molecule has 6 nitrogen and oxygen atoms in total. The number of nitrogens with zero attached hydrogens (tertiary/aromatic N) is 1. The van der Waals surface area contributed by atoms with E-state index in [-0.39, 0.29) is 5.91 Å². The molecule has 2 aliphatic rings. The number of oxime groups is 1. The first kappa shape index (κ1) is 18.5. The summed E-state index contributed by atoms with van der Waals surface area (Å²) in [6, 6.07) is 5.27. The number of amides is 1. The zero-order chi connectivity index (χ0) is 17.6. The van der Waals surface area contributed by atoms with Crippen molar-refractivity contribution in [2.24, 2.45) is 5.16 Å². The van der Waals surface area contributed by atoms with Crippen LogP contribution in [0.25, 0.3) is 0 Å². The lowest BCUT2D eigenvalue weighted by atomic mass is 10.0. The van der Waals surface area contributed by atoms with Gasteiger partial charge in [0, 0.05) is 24.9 Å². The van der Waals surface area contributed by atoms with Gasteiger partial charge in [-0.05, 0) is 12.1 Å². The van der Waals surface area contributed by atoms with E-state index in [0.717, 1.165) is 44.8 Å². The van der Waals surface area contributed by atoms with Gasteiger partial charge in [-0.15, -0.1) is 0 Å². The highest BCUT2D eigenvalue weighted by Crippen LogP contribution is 2.25. The van der Waals surface area contributed by atoms with Crippen LogP contribution in [-0.2, 0) is 14.4 Å². The van der Waals surface area contributed by atoms with Crippen LogP contribution in [0.4, 0.5) is 0 Å². The summed E-state index contributed by atoms with van der Waals surface area (Å²) in [5, 5.41) is 7.89. The Morgan fingerprint density at radius 1 is 1.28 bits per heavy atom. The summed E-state index contributed by atoms with van der Waals surface area (Å²) in [7, 11) is 0. The highest BCUT2D eigenvalue weighted by molar-refractivity contribution is 6.42. The molecule has 0 aromatic heterocycles. The molecular weight excluding hydrogens is 365 g/mol. The van der Waals surface area contributed by atoms with Crippen molar-refractivity contribution in [2.75, 3.05) is 39.4 Å². The Labute approximate surface area is 157 Å². The molecule has 0 aliphatic carbocycles. The molecule has 1 amide bonds. The van der Waals surface area contributed by atoms with E-state index in [9.17, 15) is 4.79 Å². The van der Waals surface area contributed by atoms with Crippen LogP contribution in [-0.4, -0.2) is 57.1 Å². The average molecular weight is 387 g/mol. The van der Waals surface area contributed by atoms with Crippen LogP contribution in [0.2, 0.25) is 10.0 Å². The minimum Gasteiger partial charge on any atom is -0.382 e. The Kier molecular flexibility index (Phi) is 6.53. The first-order valence-corrected chi connectivity index (χ1v) is 9.26. The Balaban J connectivity index is 1.40. The Hall–Kier alpha value is -1.34. The summed E-state index contributed by atoms with van der Waals surface area (Å²) in [5.74, 6) is -0.129. The predicted octanol–water partition coefficient (Wildman–Crippen LogP) is 0.908. The Morgan fingerprint density at radius 2 is 2.08 bits per heavy atom. The molecule has 0 radical (unpaired) electrons. The molecule has 8 heteroatoms. The number of morpholine rings is 1. The SMILES string of the molecule is O=C(NCCC[NH+]1CCOCC1)[C@@H]1CC(c2ccc(Cl)c(Cl)c2)=NO1. The fourth-order valence-corrected chi connectivity index (χ4v) is 3.24. The molecule has 2 heterocycles. The number of hydrogen-bond donors (Lipinski definition) is 2. The van der Waals surface area contributed by atoms with E-state index in [1.54, 1.807) is 12.1 Å². The topological polar surface area (TPSA) is 64.4 Å². The number of halogens is 2. The maximum absolute atomic E-state index is 12.2. The number of benzene rings is 1. The maximum atomic E-state index is 12.2. The summed E-state index contributed by atoms with van der Waals surface area (Å²) in [5.41, 5.74) is 1.53. The van der Waals surface area contributed by atoms with Gasteiger partial charge >= 0.3 is 0 Å². The molecule has 0 unspecified atom stereocenters. The average Bonchev–Trinajstić information content (AvgIpc) is 3.12. The van der Waals surface area contributed by atoms with Crippen molar-refractivity contribution in [3.05, 3.63) is 33.8 Å². The first-order valence-electron chi connectivity index (χ1n) is 8.50.